The highest BCUT2D eigenvalue weighted by atomic mass is 16.3. The number of benzene rings is 2. The van der Waals surface area contributed by atoms with Crippen LogP contribution < -0.4 is 15.6 Å². The fourth-order valence-electron chi connectivity index (χ4n) is 3.22. The lowest BCUT2D eigenvalue weighted by Gasteiger charge is -2.15. The summed E-state index contributed by atoms with van der Waals surface area (Å²) in [5.74, 6) is -0.535. The average molecular weight is 348 g/mol. The standard InChI is InChI=1S/C20H16N2O4/c1-12(23)22-9-8-13-10-14(6-7-16(13)22)21-20(25)19-11-17(24)15-4-2-3-5-18(15)26-19/h2-7,10-11H,8-9H2,1H3,(H,21,25). The predicted molar refractivity (Wildman–Crippen MR) is 98.6 cm³/mol. The van der Waals surface area contributed by atoms with Gasteiger partial charge in [-0.3, -0.25) is 14.4 Å². The van der Waals surface area contributed by atoms with Gasteiger partial charge in [0, 0.05) is 30.9 Å². The van der Waals surface area contributed by atoms with Crippen molar-refractivity contribution in [1.82, 2.24) is 0 Å². The Morgan fingerprint density at radius 2 is 1.92 bits per heavy atom. The van der Waals surface area contributed by atoms with Crippen LogP contribution in [0.25, 0.3) is 11.0 Å². The summed E-state index contributed by atoms with van der Waals surface area (Å²) in [6, 6.07) is 13.4. The quantitative estimate of drug-likeness (QED) is 0.772. The van der Waals surface area contributed by atoms with Crippen LogP contribution in [0.2, 0.25) is 0 Å². The molecule has 130 valence electrons. The van der Waals surface area contributed by atoms with Crippen molar-refractivity contribution in [1.29, 1.82) is 0 Å². The van der Waals surface area contributed by atoms with Gasteiger partial charge in [-0.25, -0.2) is 0 Å². The molecule has 2 heterocycles. The molecule has 1 aliphatic rings. The molecule has 0 aliphatic carbocycles. The number of anilines is 2. The molecule has 1 N–H and O–H groups in total. The van der Waals surface area contributed by atoms with E-state index in [1.54, 1.807) is 35.2 Å². The van der Waals surface area contributed by atoms with Crippen LogP contribution in [0, 0.1) is 0 Å². The van der Waals surface area contributed by atoms with Gasteiger partial charge in [-0.05, 0) is 42.3 Å². The minimum absolute atomic E-state index is 0.00141. The zero-order valence-corrected chi connectivity index (χ0v) is 14.1. The lowest BCUT2D eigenvalue weighted by molar-refractivity contribution is -0.116. The topological polar surface area (TPSA) is 79.6 Å². The van der Waals surface area contributed by atoms with Gasteiger partial charge in [0.25, 0.3) is 5.91 Å². The van der Waals surface area contributed by atoms with Crippen molar-refractivity contribution in [2.45, 2.75) is 13.3 Å². The van der Waals surface area contributed by atoms with Crippen molar-refractivity contribution in [2.24, 2.45) is 0 Å². The Balaban J connectivity index is 1.61. The molecule has 3 aromatic rings. The third kappa shape index (κ3) is 2.75. The monoisotopic (exact) mass is 348 g/mol. The second kappa shape index (κ2) is 6.15. The van der Waals surface area contributed by atoms with Gasteiger partial charge in [0.05, 0.1) is 5.39 Å². The van der Waals surface area contributed by atoms with Crippen LogP contribution in [0.5, 0.6) is 0 Å². The molecule has 1 aromatic heterocycles. The van der Waals surface area contributed by atoms with Crippen molar-refractivity contribution < 1.29 is 14.0 Å². The molecular weight excluding hydrogens is 332 g/mol. The molecule has 0 spiro atoms. The van der Waals surface area contributed by atoms with Gasteiger partial charge in [-0.15, -0.1) is 0 Å². The molecule has 0 saturated heterocycles. The number of fused-ring (bicyclic) bond motifs is 2. The highest BCUT2D eigenvalue weighted by Crippen LogP contribution is 2.30. The van der Waals surface area contributed by atoms with Gasteiger partial charge < -0.3 is 14.6 Å². The fraction of sp³-hybridized carbons (Fsp3) is 0.150. The van der Waals surface area contributed by atoms with E-state index in [0.29, 0.717) is 23.2 Å². The van der Waals surface area contributed by atoms with Crippen LogP contribution in [0.15, 0.2) is 57.7 Å². The molecule has 0 unspecified atom stereocenters. The molecule has 6 heteroatoms. The van der Waals surface area contributed by atoms with E-state index in [1.807, 2.05) is 12.1 Å². The number of para-hydroxylation sites is 1. The highest BCUT2D eigenvalue weighted by Gasteiger charge is 2.22. The van der Waals surface area contributed by atoms with Crippen LogP contribution in [0.1, 0.15) is 23.0 Å². The van der Waals surface area contributed by atoms with E-state index in [2.05, 4.69) is 5.32 Å². The number of carbonyl (C=O) groups excluding carboxylic acids is 2. The zero-order chi connectivity index (χ0) is 18.3. The third-order valence-corrected chi connectivity index (χ3v) is 4.47. The Kier molecular flexibility index (Phi) is 3.80. The summed E-state index contributed by atoms with van der Waals surface area (Å²) in [7, 11) is 0. The van der Waals surface area contributed by atoms with Crippen molar-refractivity contribution >= 4 is 34.2 Å². The number of amides is 2. The maximum atomic E-state index is 12.5. The molecule has 0 fully saturated rings. The van der Waals surface area contributed by atoms with E-state index in [9.17, 15) is 14.4 Å². The normalized spacial score (nSPS) is 12.9. The lowest BCUT2D eigenvalue weighted by Crippen LogP contribution is -2.25. The van der Waals surface area contributed by atoms with Crippen molar-refractivity contribution in [3.8, 4) is 0 Å². The lowest BCUT2D eigenvalue weighted by atomic mass is 10.1. The van der Waals surface area contributed by atoms with E-state index in [0.717, 1.165) is 17.7 Å². The summed E-state index contributed by atoms with van der Waals surface area (Å²) in [6.07, 6.45) is 0.740. The fourth-order valence-corrected chi connectivity index (χ4v) is 3.22. The van der Waals surface area contributed by atoms with Crippen molar-refractivity contribution in [2.75, 3.05) is 16.8 Å². The zero-order valence-electron chi connectivity index (χ0n) is 14.1. The average Bonchev–Trinajstić information content (AvgIpc) is 3.05. The summed E-state index contributed by atoms with van der Waals surface area (Å²) in [4.78, 5) is 37.9. The molecular formula is C20H16N2O4. The Morgan fingerprint density at radius 1 is 1.12 bits per heavy atom. The van der Waals surface area contributed by atoms with E-state index in [4.69, 9.17) is 4.42 Å². The van der Waals surface area contributed by atoms with Gasteiger partial charge in [0.1, 0.15) is 5.58 Å². The van der Waals surface area contributed by atoms with Gasteiger partial charge in [0.2, 0.25) is 5.91 Å². The number of nitrogens with one attached hydrogen (secondary N) is 1. The Morgan fingerprint density at radius 3 is 2.73 bits per heavy atom. The maximum absolute atomic E-state index is 12.5. The molecule has 1 aliphatic heterocycles. The number of rotatable bonds is 2. The van der Waals surface area contributed by atoms with Gasteiger partial charge in [-0.1, -0.05) is 12.1 Å². The number of hydrogen-bond acceptors (Lipinski definition) is 4. The summed E-state index contributed by atoms with van der Waals surface area (Å²) in [6.45, 7) is 2.17. The maximum Gasteiger partial charge on any atom is 0.291 e. The minimum atomic E-state index is -0.491. The Hall–Kier alpha value is -3.41. The molecule has 6 nitrogen and oxygen atoms in total. The van der Waals surface area contributed by atoms with Crippen LogP contribution >= 0.6 is 0 Å². The predicted octanol–water partition coefficient (Wildman–Crippen LogP) is 2.95. The molecule has 2 amide bonds. The highest BCUT2D eigenvalue weighted by molar-refractivity contribution is 6.03. The second-order valence-electron chi connectivity index (χ2n) is 6.19. The van der Waals surface area contributed by atoms with Crippen LogP contribution in [0.3, 0.4) is 0 Å². The molecule has 2 aromatic carbocycles. The summed E-state index contributed by atoms with van der Waals surface area (Å²) in [5, 5.41) is 3.18. The first kappa shape index (κ1) is 16.1. The molecule has 0 radical (unpaired) electrons. The van der Waals surface area contributed by atoms with Gasteiger partial charge in [-0.2, -0.15) is 0 Å². The molecule has 26 heavy (non-hydrogen) atoms. The summed E-state index contributed by atoms with van der Waals surface area (Å²) < 4.78 is 5.55. The molecule has 0 atom stereocenters. The van der Waals surface area contributed by atoms with E-state index in [1.165, 1.54) is 13.0 Å². The molecule has 0 saturated carbocycles. The van der Waals surface area contributed by atoms with Gasteiger partial charge in [0.15, 0.2) is 11.2 Å². The first-order valence-corrected chi connectivity index (χ1v) is 8.28. The van der Waals surface area contributed by atoms with E-state index >= 15 is 0 Å². The molecule has 0 bridgehead atoms. The Labute approximate surface area is 149 Å². The van der Waals surface area contributed by atoms with E-state index in [-0.39, 0.29) is 17.1 Å². The SMILES string of the molecule is CC(=O)N1CCc2cc(NC(=O)c3cc(=O)c4ccccc4o3)ccc21. The first-order valence-electron chi connectivity index (χ1n) is 8.28. The van der Waals surface area contributed by atoms with Crippen LogP contribution in [0.4, 0.5) is 11.4 Å². The van der Waals surface area contributed by atoms with E-state index < -0.39 is 5.91 Å². The first-order chi connectivity index (χ1) is 12.5. The number of carbonyl (C=O) groups is 2. The van der Waals surface area contributed by atoms with Gasteiger partial charge >= 0.3 is 0 Å². The van der Waals surface area contributed by atoms with Crippen LogP contribution in [-0.4, -0.2) is 18.4 Å². The summed E-state index contributed by atoms with van der Waals surface area (Å²) >= 11 is 0. The van der Waals surface area contributed by atoms with Crippen molar-refractivity contribution in [3.63, 3.8) is 0 Å². The smallest absolute Gasteiger partial charge is 0.291 e. The second-order valence-corrected chi connectivity index (χ2v) is 6.19. The largest absolute Gasteiger partial charge is 0.451 e. The number of nitrogens with zero attached hydrogens (tertiary/aromatic N) is 1. The minimum Gasteiger partial charge on any atom is -0.451 e. The Bertz CT molecular complexity index is 1100. The molecule has 4 rings (SSSR count). The van der Waals surface area contributed by atoms with Crippen molar-refractivity contribution in [3.05, 3.63) is 70.1 Å². The summed E-state index contributed by atoms with van der Waals surface area (Å²) in [5.41, 5.74) is 2.57. The third-order valence-electron chi connectivity index (χ3n) is 4.47. The van der Waals surface area contributed by atoms with Crippen LogP contribution in [-0.2, 0) is 11.2 Å². The number of hydrogen-bond donors (Lipinski definition) is 1.